The Balaban J connectivity index is 1.54. The van der Waals surface area contributed by atoms with Gasteiger partial charge in [-0.1, -0.05) is 48.0 Å². The molecule has 0 saturated heterocycles. The van der Waals surface area contributed by atoms with Crippen LogP contribution in [0.2, 0.25) is 5.02 Å². The molecule has 4 rings (SSSR count). The molecular weight excluding hydrogens is 462 g/mol. The maximum absolute atomic E-state index is 13.4. The van der Waals surface area contributed by atoms with Crippen LogP contribution in [-0.2, 0) is 21.2 Å². The Morgan fingerprint density at radius 3 is 2.48 bits per heavy atom. The zero-order valence-corrected chi connectivity index (χ0v) is 19.4. The van der Waals surface area contributed by atoms with E-state index in [2.05, 4.69) is 5.32 Å². The van der Waals surface area contributed by atoms with Crippen molar-refractivity contribution in [2.24, 2.45) is 0 Å². The number of benzene rings is 3. The van der Waals surface area contributed by atoms with Gasteiger partial charge in [-0.15, -0.1) is 0 Å². The van der Waals surface area contributed by atoms with Gasteiger partial charge in [-0.25, -0.2) is 8.42 Å². The molecule has 3 aromatic carbocycles. The van der Waals surface area contributed by atoms with Crippen LogP contribution in [0.4, 0.5) is 11.4 Å². The lowest BCUT2D eigenvalue weighted by Crippen LogP contribution is -2.35. The highest BCUT2D eigenvalue weighted by Gasteiger charge is 2.32. The highest BCUT2D eigenvalue weighted by molar-refractivity contribution is 7.93. The molecule has 0 spiro atoms. The van der Waals surface area contributed by atoms with Gasteiger partial charge in [-0.05, 0) is 48.4 Å². The summed E-state index contributed by atoms with van der Waals surface area (Å²) in [5.74, 6) is -0.860. The fourth-order valence-corrected chi connectivity index (χ4v) is 5.75. The molecule has 33 heavy (non-hydrogen) atoms. The molecule has 0 bridgehead atoms. The smallest absolute Gasteiger partial charge is 0.265 e. The van der Waals surface area contributed by atoms with Gasteiger partial charge in [0, 0.05) is 24.8 Å². The number of hydrogen-bond donors (Lipinski definition) is 1. The number of amides is 2. The Morgan fingerprint density at radius 2 is 1.73 bits per heavy atom. The first kappa shape index (κ1) is 22.8. The quantitative estimate of drug-likeness (QED) is 0.577. The van der Waals surface area contributed by atoms with Crippen molar-refractivity contribution in [3.8, 4) is 0 Å². The molecule has 3 aromatic rings. The predicted octanol–water partition coefficient (Wildman–Crippen LogP) is 3.80. The molecule has 1 aliphatic heterocycles. The second-order valence-electron chi connectivity index (χ2n) is 7.68. The molecule has 0 aliphatic carbocycles. The number of carbonyl (C=O) groups is 2. The van der Waals surface area contributed by atoms with E-state index in [0.717, 1.165) is 5.56 Å². The number of nitrogens with zero attached hydrogens (tertiary/aromatic N) is 2. The lowest BCUT2D eigenvalue weighted by molar-refractivity contribution is -0.116. The van der Waals surface area contributed by atoms with E-state index in [1.165, 1.54) is 34.5 Å². The van der Waals surface area contributed by atoms with Crippen LogP contribution in [0, 0.1) is 0 Å². The second kappa shape index (κ2) is 9.25. The number of para-hydroxylation sites is 2. The molecule has 0 atom stereocenters. The first-order valence-corrected chi connectivity index (χ1v) is 12.1. The molecule has 0 aromatic heterocycles. The van der Waals surface area contributed by atoms with E-state index in [1.54, 1.807) is 36.4 Å². The van der Waals surface area contributed by atoms with Gasteiger partial charge in [0.05, 0.1) is 17.3 Å². The minimum atomic E-state index is -3.98. The Kier molecular flexibility index (Phi) is 6.40. The normalized spacial score (nSPS) is 12.8. The molecule has 0 radical (unpaired) electrons. The first-order valence-electron chi connectivity index (χ1n) is 10.3. The predicted molar refractivity (Wildman–Crippen MR) is 128 cm³/mol. The van der Waals surface area contributed by atoms with Gasteiger partial charge in [0.15, 0.2) is 0 Å². The fourth-order valence-electron chi connectivity index (χ4n) is 3.74. The van der Waals surface area contributed by atoms with Crippen molar-refractivity contribution in [2.45, 2.75) is 11.3 Å². The first-order chi connectivity index (χ1) is 15.8. The fraction of sp³-hybridized carbons (Fsp3) is 0.167. The van der Waals surface area contributed by atoms with Crippen molar-refractivity contribution in [1.82, 2.24) is 4.90 Å². The lowest BCUT2D eigenvalue weighted by Gasteiger charge is -2.21. The van der Waals surface area contributed by atoms with E-state index in [9.17, 15) is 18.0 Å². The van der Waals surface area contributed by atoms with Crippen LogP contribution in [0.5, 0.6) is 0 Å². The molecule has 1 heterocycles. The van der Waals surface area contributed by atoms with E-state index < -0.39 is 15.9 Å². The van der Waals surface area contributed by atoms with Gasteiger partial charge >= 0.3 is 0 Å². The van der Waals surface area contributed by atoms with Crippen LogP contribution < -0.4 is 9.62 Å². The Morgan fingerprint density at radius 1 is 1.03 bits per heavy atom. The standard InChI is InChI=1S/C24H22ClN3O4S/c1-27(16-23(29)26-19-8-3-2-4-9-19)24(30)18-11-12-20(25)22(15-18)33(31,32)28-14-13-17-7-5-6-10-21(17)28/h2-12,15H,13-14,16H2,1H3,(H,26,29). The van der Waals surface area contributed by atoms with E-state index in [1.807, 2.05) is 18.2 Å². The van der Waals surface area contributed by atoms with Gasteiger partial charge in [-0.2, -0.15) is 0 Å². The average Bonchev–Trinajstić information content (AvgIpc) is 3.24. The third kappa shape index (κ3) is 4.72. The second-order valence-corrected chi connectivity index (χ2v) is 9.91. The van der Waals surface area contributed by atoms with Crippen LogP contribution >= 0.6 is 11.6 Å². The summed E-state index contributed by atoms with van der Waals surface area (Å²) in [4.78, 5) is 26.3. The van der Waals surface area contributed by atoms with E-state index in [0.29, 0.717) is 24.3 Å². The summed E-state index contributed by atoms with van der Waals surface area (Å²) >= 11 is 6.25. The van der Waals surface area contributed by atoms with E-state index >= 15 is 0 Å². The molecule has 170 valence electrons. The third-order valence-electron chi connectivity index (χ3n) is 5.38. The molecule has 0 unspecified atom stereocenters. The molecule has 1 aliphatic rings. The summed E-state index contributed by atoms with van der Waals surface area (Å²) in [6.45, 7) is 0.105. The number of nitrogens with one attached hydrogen (secondary N) is 1. The van der Waals surface area contributed by atoms with Crippen molar-refractivity contribution in [3.63, 3.8) is 0 Å². The van der Waals surface area contributed by atoms with Crippen LogP contribution in [0.25, 0.3) is 0 Å². The van der Waals surface area contributed by atoms with Crippen molar-refractivity contribution >= 4 is 44.8 Å². The third-order valence-corrected chi connectivity index (χ3v) is 7.67. The number of rotatable bonds is 6. The minimum Gasteiger partial charge on any atom is -0.332 e. The number of likely N-dealkylation sites (N-methyl/N-ethyl adjacent to an activating group) is 1. The summed E-state index contributed by atoms with van der Waals surface area (Å²) in [7, 11) is -2.50. The van der Waals surface area contributed by atoms with Crippen molar-refractivity contribution in [3.05, 3.63) is 88.9 Å². The van der Waals surface area contributed by atoms with Crippen LogP contribution in [0.3, 0.4) is 0 Å². The topological polar surface area (TPSA) is 86.8 Å². The highest BCUT2D eigenvalue weighted by atomic mass is 35.5. The SMILES string of the molecule is CN(CC(=O)Nc1ccccc1)C(=O)c1ccc(Cl)c(S(=O)(=O)N2CCc3ccccc32)c1. The number of sulfonamides is 1. The van der Waals surface area contributed by atoms with Crippen molar-refractivity contribution in [2.75, 3.05) is 29.8 Å². The molecule has 0 fully saturated rings. The molecule has 1 N–H and O–H groups in total. The summed E-state index contributed by atoms with van der Waals surface area (Å²) in [6, 6.07) is 20.3. The Labute approximate surface area is 197 Å². The van der Waals surface area contributed by atoms with Gasteiger partial charge in [0.25, 0.3) is 15.9 Å². The number of fused-ring (bicyclic) bond motifs is 1. The van der Waals surface area contributed by atoms with Crippen molar-refractivity contribution in [1.29, 1.82) is 0 Å². The summed E-state index contributed by atoms with van der Waals surface area (Å²) in [6.07, 6.45) is 0.602. The molecule has 0 saturated carbocycles. The van der Waals surface area contributed by atoms with Gasteiger partial charge < -0.3 is 10.2 Å². The minimum absolute atomic E-state index is 0.0282. The number of carbonyl (C=O) groups excluding carboxylic acids is 2. The summed E-state index contributed by atoms with van der Waals surface area (Å²) in [5.41, 5.74) is 2.29. The van der Waals surface area contributed by atoms with Crippen LogP contribution in [0.15, 0.2) is 77.7 Å². The van der Waals surface area contributed by atoms with Crippen LogP contribution in [0.1, 0.15) is 15.9 Å². The highest BCUT2D eigenvalue weighted by Crippen LogP contribution is 2.35. The summed E-state index contributed by atoms with van der Waals surface area (Å²) in [5, 5.41) is 2.74. The monoisotopic (exact) mass is 483 g/mol. The number of anilines is 2. The lowest BCUT2D eigenvalue weighted by atomic mass is 10.2. The van der Waals surface area contributed by atoms with Crippen molar-refractivity contribution < 1.29 is 18.0 Å². The Bertz CT molecular complexity index is 1310. The molecule has 7 nitrogen and oxygen atoms in total. The van der Waals surface area contributed by atoms with Gasteiger partial charge in [0.1, 0.15) is 4.90 Å². The molecule has 2 amide bonds. The van der Waals surface area contributed by atoms with E-state index in [4.69, 9.17) is 11.6 Å². The molecular formula is C24H22ClN3O4S. The van der Waals surface area contributed by atoms with Gasteiger partial charge in [0.2, 0.25) is 5.91 Å². The van der Waals surface area contributed by atoms with Crippen LogP contribution in [-0.4, -0.2) is 45.3 Å². The Hall–Kier alpha value is -3.36. The van der Waals surface area contributed by atoms with Gasteiger partial charge in [-0.3, -0.25) is 13.9 Å². The maximum atomic E-state index is 13.4. The zero-order chi connectivity index (χ0) is 23.6. The maximum Gasteiger partial charge on any atom is 0.265 e. The number of hydrogen-bond acceptors (Lipinski definition) is 4. The number of halogens is 1. The largest absolute Gasteiger partial charge is 0.332 e. The average molecular weight is 484 g/mol. The summed E-state index contributed by atoms with van der Waals surface area (Å²) < 4.78 is 28.1. The molecule has 9 heteroatoms. The zero-order valence-electron chi connectivity index (χ0n) is 17.9. The van der Waals surface area contributed by atoms with E-state index in [-0.39, 0.29) is 27.9 Å².